The Morgan fingerprint density at radius 1 is 1.12 bits per heavy atom. The summed E-state index contributed by atoms with van der Waals surface area (Å²) in [5.74, 6) is 1.93. The minimum Gasteiger partial charge on any atom is -0.356 e. The molecule has 1 aromatic rings. The van der Waals surface area contributed by atoms with Crippen molar-refractivity contribution < 1.29 is 9.59 Å². The van der Waals surface area contributed by atoms with Crippen LogP contribution in [0.25, 0.3) is 0 Å². The van der Waals surface area contributed by atoms with Crippen LogP contribution in [0.2, 0.25) is 0 Å². The molecule has 1 N–H and O–H groups in total. The summed E-state index contributed by atoms with van der Waals surface area (Å²) in [5.41, 5.74) is 0.0476. The molecule has 0 aromatic carbocycles. The Morgan fingerprint density at radius 3 is 2.62 bits per heavy atom. The zero-order valence-electron chi connectivity index (χ0n) is 13.9. The Balaban J connectivity index is 1.49. The van der Waals surface area contributed by atoms with Crippen molar-refractivity contribution in [3.63, 3.8) is 0 Å². The fourth-order valence-electron chi connectivity index (χ4n) is 3.81. The predicted octanol–water partition coefficient (Wildman–Crippen LogP) is -0.529. The van der Waals surface area contributed by atoms with Gasteiger partial charge in [-0.2, -0.15) is 0 Å². The molecule has 8 heteroatoms. The fourth-order valence-corrected chi connectivity index (χ4v) is 3.81. The Bertz CT molecular complexity index is 680. The average molecular weight is 330 g/mol. The lowest BCUT2D eigenvalue weighted by molar-refractivity contribution is -0.129. The van der Waals surface area contributed by atoms with Gasteiger partial charge in [0.05, 0.1) is 6.54 Å². The number of likely N-dealkylation sites (N-methyl/N-ethyl adjacent to an activating group) is 1. The van der Waals surface area contributed by atoms with Gasteiger partial charge in [-0.3, -0.25) is 9.59 Å². The zero-order valence-corrected chi connectivity index (χ0v) is 13.9. The molecule has 2 amide bonds. The van der Waals surface area contributed by atoms with Gasteiger partial charge < -0.3 is 20.0 Å². The molecule has 4 heterocycles. The summed E-state index contributed by atoms with van der Waals surface area (Å²) in [7, 11) is 1.83. The Morgan fingerprint density at radius 2 is 1.92 bits per heavy atom. The second-order valence-electron chi connectivity index (χ2n) is 7.10. The quantitative estimate of drug-likeness (QED) is 0.785. The van der Waals surface area contributed by atoms with Crippen LogP contribution in [0.5, 0.6) is 0 Å². The lowest BCUT2D eigenvalue weighted by Crippen LogP contribution is -2.48. The number of nitrogens with one attached hydrogen (secondary N) is 1. The normalized spacial score (nSPS) is 27.3. The van der Waals surface area contributed by atoms with E-state index in [-0.39, 0.29) is 17.2 Å². The third kappa shape index (κ3) is 2.65. The molecule has 24 heavy (non-hydrogen) atoms. The molecule has 1 aromatic heterocycles. The Kier molecular flexibility index (Phi) is 3.54. The molecule has 1 atom stereocenters. The van der Waals surface area contributed by atoms with Crippen LogP contribution >= 0.6 is 0 Å². The second kappa shape index (κ2) is 5.61. The third-order valence-electron chi connectivity index (χ3n) is 5.38. The molecule has 0 bridgehead atoms. The van der Waals surface area contributed by atoms with Crippen LogP contribution in [-0.4, -0.2) is 73.0 Å². The first-order chi connectivity index (χ1) is 11.5. The number of nitrogens with zero attached hydrogens (tertiary/aromatic N) is 5. The molecule has 0 aliphatic carbocycles. The van der Waals surface area contributed by atoms with Crippen molar-refractivity contribution in [2.75, 3.05) is 56.1 Å². The molecule has 3 saturated heterocycles. The van der Waals surface area contributed by atoms with Crippen molar-refractivity contribution >= 4 is 23.5 Å². The van der Waals surface area contributed by atoms with Gasteiger partial charge in [-0.05, 0) is 6.42 Å². The maximum Gasteiger partial charge on any atom is 0.241 e. The number of hydrogen-bond donors (Lipinski definition) is 1. The van der Waals surface area contributed by atoms with E-state index in [2.05, 4.69) is 20.2 Å². The summed E-state index contributed by atoms with van der Waals surface area (Å²) in [6.45, 7) is 4.33. The summed E-state index contributed by atoms with van der Waals surface area (Å²) in [5, 5.41) is 2.95. The van der Waals surface area contributed by atoms with E-state index in [0.717, 1.165) is 44.2 Å². The first-order valence-electron chi connectivity index (χ1n) is 8.37. The number of aromatic nitrogens is 2. The fraction of sp³-hybridized carbons (Fsp3) is 0.625. The van der Waals surface area contributed by atoms with Crippen LogP contribution in [0.15, 0.2) is 12.4 Å². The first-order valence-corrected chi connectivity index (χ1v) is 8.37. The van der Waals surface area contributed by atoms with E-state index in [0.29, 0.717) is 19.5 Å². The topological polar surface area (TPSA) is 81.7 Å². The molecule has 0 radical (unpaired) electrons. The van der Waals surface area contributed by atoms with Crippen LogP contribution in [0.3, 0.4) is 0 Å². The van der Waals surface area contributed by atoms with E-state index in [1.54, 1.807) is 11.2 Å². The molecule has 1 spiro atoms. The van der Waals surface area contributed by atoms with Crippen molar-refractivity contribution in [3.05, 3.63) is 12.4 Å². The molecule has 8 nitrogen and oxygen atoms in total. The zero-order chi connectivity index (χ0) is 16.7. The molecule has 4 rings (SSSR count). The summed E-state index contributed by atoms with van der Waals surface area (Å²) in [6, 6.07) is 1.96. The molecule has 128 valence electrons. The van der Waals surface area contributed by atoms with Crippen LogP contribution in [0.1, 0.15) is 12.8 Å². The smallest absolute Gasteiger partial charge is 0.241 e. The van der Waals surface area contributed by atoms with E-state index in [9.17, 15) is 9.59 Å². The van der Waals surface area contributed by atoms with Crippen molar-refractivity contribution in [1.82, 2.24) is 20.2 Å². The number of anilines is 2. The van der Waals surface area contributed by atoms with Gasteiger partial charge in [-0.15, -0.1) is 0 Å². The lowest BCUT2D eigenvalue weighted by atomic mass is 9.86. The molecular formula is C16H22N6O2. The van der Waals surface area contributed by atoms with E-state index in [1.807, 2.05) is 18.0 Å². The van der Waals surface area contributed by atoms with Crippen LogP contribution in [0, 0.1) is 5.41 Å². The first kappa shape index (κ1) is 15.2. The largest absolute Gasteiger partial charge is 0.356 e. The van der Waals surface area contributed by atoms with Gasteiger partial charge in [0.2, 0.25) is 11.8 Å². The Labute approximate surface area is 140 Å². The number of hydrogen-bond acceptors (Lipinski definition) is 6. The van der Waals surface area contributed by atoms with Crippen molar-refractivity contribution in [2.45, 2.75) is 12.8 Å². The van der Waals surface area contributed by atoms with Gasteiger partial charge >= 0.3 is 0 Å². The molecule has 1 unspecified atom stereocenters. The van der Waals surface area contributed by atoms with Gasteiger partial charge in [0.15, 0.2) is 0 Å². The standard InChI is InChI=1S/C16H22N6O2/c1-20-4-5-21(8-15(20)24)12-6-13(19-11-18-12)22-3-2-16(10-22)7-14(23)17-9-16/h6,11H,2-5,7-10H2,1H3,(H,17,23). The number of carbonyl (C=O) groups excluding carboxylic acids is 2. The van der Waals surface area contributed by atoms with Gasteiger partial charge in [0, 0.05) is 57.7 Å². The average Bonchev–Trinajstić information content (AvgIpc) is 3.16. The highest BCUT2D eigenvalue weighted by atomic mass is 16.2. The van der Waals surface area contributed by atoms with E-state index >= 15 is 0 Å². The van der Waals surface area contributed by atoms with E-state index in [1.165, 1.54) is 0 Å². The van der Waals surface area contributed by atoms with Crippen molar-refractivity contribution in [1.29, 1.82) is 0 Å². The minimum absolute atomic E-state index is 0.0476. The Hall–Kier alpha value is -2.38. The van der Waals surface area contributed by atoms with E-state index in [4.69, 9.17) is 0 Å². The van der Waals surface area contributed by atoms with Gasteiger partial charge in [-0.25, -0.2) is 9.97 Å². The summed E-state index contributed by atoms with van der Waals surface area (Å²) >= 11 is 0. The summed E-state index contributed by atoms with van der Waals surface area (Å²) in [6.07, 6.45) is 3.17. The second-order valence-corrected chi connectivity index (χ2v) is 7.10. The lowest BCUT2D eigenvalue weighted by Gasteiger charge is -2.33. The molecule has 3 aliphatic heterocycles. The minimum atomic E-state index is 0.0476. The SMILES string of the molecule is CN1CCN(c2cc(N3CCC4(CNC(=O)C4)C3)ncn2)CC1=O. The van der Waals surface area contributed by atoms with Crippen molar-refractivity contribution in [3.8, 4) is 0 Å². The van der Waals surface area contributed by atoms with Crippen LogP contribution in [-0.2, 0) is 9.59 Å². The summed E-state index contributed by atoms with van der Waals surface area (Å²) < 4.78 is 0. The number of rotatable bonds is 2. The molecule has 0 saturated carbocycles. The summed E-state index contributed by atoms with van der Waals surface area (Å²) in [4.78, 5) is 38.2. The molecule has 3 aliphatic rings. The number of carbonyl (C=O) groups is 2. The van der Waals surface area contributed by atoms with Gasteiger partial charge in [0.25, 0.3) is 0 Å². The maximum absolute atomic E-state index is 11.9. The molecular weight excluding hydrogens is 308 g/mol. The predicted molar refractivity (Wildman–Crippen MR) is 88.8 cm³/mol. The van der Waals surface area contributed by atoms with Gasteiger partial charge in [0.1, 0.15) is 18.0 Å². The molecule has 3 fully saturated rings. The number of amides is 2. The monoisotopic (exact) mass is 330 g/mol. The van der Waals surface area contributed by atoms with E-state index < -0.39 is 0 Å². The maximum atomic E-state index is 11.9. The van der Waals surface area contributed by atoms with Crippen LogP contribution < -0.4 is 15.1 Å². The highest BCUT2D eigenvalue weighted by Crippen LogP contribution is 2.38. The number of piperazine rings is 1. The van der Waals surface area contributed by atoms with Gasteiger partial charge in [-0.1, -0.05) is 0 Å². The highest BCUT2D eigenvalue weighted by molar-refractivity contribution is 5.82. The van der Waals surface area contributed by atoms with Crippen LogP contribution in [0.4, 0.5) is 11.6 Å². The highest BCUT2D eigenvalue weighted by Gasteiger charge is 2.44. The third-order valence-corrected chi connectivity index (χ3v) is 5.38. The van der Waals surface area contributed by atoms with Crippen molar-refractivity contribution in [2.24, 2.45) is 5.41 Å².